The van der Waals surface area contributed by atoms with Crippen LogP contribution in [0.1, 0.15) is 36.4 Å². The molecule has 0 saturated heterocycles. The molecule has 0 radical (unpaired) electrons. The van der Waals surface area contributed by atoms with Crippen LogP contribution in [0.15, 0.2) is 66.0 Å². The molecule has 0 bridgehead atoms. The molecule has 1 aliphatic rings. The molecule has 7 heteroatoms. The third-order valence-corrected chi connectivity index (χ3v) is 6.20. The van der Waals surface area contributed by atoms with Crippen LogP contribution < -0.4 is 5.56 Å². The Morgan fingerprint density at radius 1 is 1.17 bits per heavy atom. The van der Waals surface area contributed by atoms with Crippen molar-refractivity contribution in [2.45, 2.75) is 37.8 Å². The van der Waals surface area contributed by atoms with E-state index in [1.54, 1.807) is 21.5 Å². The van der Waals surface area contributed by atoms with Crippen molar-refractivity contribution in [2.24, 2.45) is 0 Å². The molecule has 0 aliphatic heterocycles. The molecule has 2 aromatic carbocycles. The Hall–Kier alpha value is -2.96. The number of aliphatic hydroxyl groups excluding tert-OH is 1. The number of hydrogen-bond donors (Lipinski definition) is 1. The first-order valence-corrected chi connectivity index (χ1v) is 10.4. The van der Waals surface area contributed by atoms with E-state index in [9.17, 15) is 9.90 Å². The van der Waals surface area contributed by atoms with Crippen LogP contribution in [0.3, 0.4) is 0 Å². The maximum atomic E-state index is 13.1. The van der Waals surface area contributed by atoms with Crippen LogP contribution >= 0.6 is 11.6 Å². The van der Waals surface area contributed by atoms with Gasteiger partial charge in [0.05, 0.1) is 35.1 Å². The normalized spacial score (nSPS) is 18.9. The van der Waals surface area contributed by atoms with Crippen molar-refractivity contribution in [1.82, 2.24) is 19.3 Å². The van der Waals surface area contributed by atoms with Gasteiger partial charge < -0.3 is 5.11 Å². The Balaban J connectivity index is 1.49. The number of aliphatic hydroxyl groups is 1. The minimum Gasteiger partial charge on any atom is -0.391 e. The molecule has 0 unspecified atom stereocenters. The Morgan fingerprint density at radius 3 is 2.70 bits per heavy atom. The van der Waals surface area contributed by atoms with E-state index in [0.29, 0.717) is 22.3 Å². The molecule has 1 saturated carbocycles. The minimum atomic E-state index is -0.498. The van der Waals surface area contributed by atoms with Crippen LogP contribution in [0.5, 0.6) is 0 Å². The quantitative estimate of drug-likeness (QED) is 0.543. The second-order valence-electron chi connectivity index (χ2n) is 7.78. The largest absolute Gasteiger partial charge is 0.391 e. The second-order valence-corrected chi connectivity index (χ2v) is 8.18. The van der Waals surface area contributed by atoms with Crippen LogP contribution in [0.2, 0.25) is 5.02 Å². The van der Waals surface area contributed by atoms with Crippen LogP contribution in [0, 0.1) is 0 Å². The lowest BCUT2D eigenvalue weighted by atomic mass is 10.0. The summed E-state index contributed by atoms with van der Waals surface area (Å²) in [5, 5.41) is 15.6. The van der Waals surface area contributed by atoms with E-state index in [1.807, 2.05) is 42.6 Å². The lowest BCUT2D eigenvalue weighted by Gasteiger charge is -2.18. The smallest absolute Gasteiger partial charge is 0.261 e. The first kappa shape index (κ1) is 19.0. The SMILES string of the molecule is O=c1c2cc(Cc3ccc(-n4cccn4)cc3)c(Cl)cc2ncn1[C@H]1CCC[C@@H]1O. The van der Waals surface area contributed by atoms with Gasteiger partial charge in [-0.1, -0.05) is 23.7 Å². The summed E-state index contributed by atoms with van der Waals surface area (Å²) in [6, 6.07) is 13.4. The summed E-state index contributed by atoms with van der Waals surface area (Å²) >= 11 is 6.51. The zero-order chi connectivity index (χ0) is 20.7. The van der Waals surface area contributed by atoms with Crippen LogP contribution in [-0.2, 0) is 6.42 Å². The monoisotopic (exact) mass is 420 g/mol. The highest BCUT2D eigenvalue weighted by Crippen LogP contribution is 2.30. The van der Waals surface area contributed by atoms with Gasteiger partial charge in [0.1, 0.15) is 0 Å². The van der Waals surface area contributed by atoms with Crippen LogP contribution in [0.25, 0.3) is 16.6 Å². The van der Waals surface area contributed by atoms with Gasteiger partial charge in [-0.2, -0.15) is 5.10 Å². The van der Waals surface area contributed by atoms with E-state index in [1.165, 1.54) is 6.33 Å². The van der Waals surface area contributed by atoms with Gasteiger partial charge in [-0.05, 0) is 67.1 Å². The second kappa shape index (κ2) is 7.70. The van der Waals surface area contributed by atoms with Gasteiger partial charge in [-0.15, -0.1) is 0 Å². The topological polar surface area (TPSA) is 72.9 Å². The van der Waals surface area contributed by atoms with Gasteiger partial charge >= 0.3 is 0 Å². The van der Waals surface area contributed by atoms with Crippen molar-refractivity contribution < 1.29 is 5.11 Å². The van der Waals surface area contributed by atoms with E-state index >= 15 is 0 Å². The molecule has 4 aromatic rings. The molecule has 1 fully saturated rings. The third-order valence-electron chi connectivity index (χ3n) is 5.85. The molecule has 6 nitrogen and oxygen atoms in total. The van der Waals surface area contributed by atoms with E-state index in [2.05, 4.69) is 10.1 Å². The molecule has 0 amide bonds. The maximum Gasteiger partial charge on any atom is 0.261 e. The summed E-state index contributed by atoms with van der Waals surface area (Å²) in [6.07, 6.45) is 7.70. The number of benzene rings is 2. The Kier molecular flexibility index (Phi) is 4.89. The van der Waals surface area contributed by atoms with E-state index in [0.717, 1.165) is 36.1 Å². The lowest BCUT2D eigenvalue weighted by Crippen LogP contribution is -2.29. The standard InChI is InChI=1S/C23H21ClN4O2/c24-19-13-20-18(23(30)27(14-25-20)21-3-1-4-22(21)29)12-16(19)11-15-5-7-17(8-6-15)28-10-2-9-26-28/h2,5-10,12-14,21-22,29H,1,3-4,11H2/t21-,22-/m0/s1. The molecule has 5 rings (SSSR count). The molecule has 1 N–H and O–H groups in total. The lowest BCUT2D eigenvalue weighted by molar-refractivity contribution is 0.134. The summed E-state index contributed by atoms with van der Waals surface area (Å²) in [4.78, 5) is 17.5. The average molecular weight is 421 g/mol. The van der Waals surface area contributed by atoms with Gasteiger partial charge in [0.2, 0.25) is 0 Å². The van der Waals surface area contributed by atoms with Crippen molar-refractivity contribution in [2.75, 3.05) is 0 Å². The zero-order valence-corrected chi connectivity index (χ0v) is 17.0. The van der Waals surface area contributed by atoms with Gasteiger partial charge in [0.25, 0.3) is 5.56 Å². The summed E-state index contributed by atoms with van der Waals surface area (Å²) in [6.45, 7) is 0. The van der Waals surface area contributed by atoms with E-state index < -0.39 is 6.10 Å². The molecule has 152 valence electrons. The molecule has 1 aliphatic carbocycles. The molecular weight excluding hydrogens is 400 g/mol. The number of aromatic nitrogens is 4. The van der Waals surface area contributed by atoms with Gasteiger partial charge in [-0.3, -0.25) is 9.36 Å². The summed E-state index contributed by atoms with van der Waals surface area (Å²) in [7, 11) is 0. The zero-order valence-electron chi connectivity index (χ0n) is 16.3. The molecule has 0 spiro atoms. The molecular formula is C23H21ClN4O2. The van der Waals surface area contributed by atoms with E-state index in [4.69, 9.17) is 11.6 Å². The highest BCUT2D eigenvalue weighted by molar-refractivity contribution is 6.32. The number of rotatable bonds is 4. The number of fused-ring (bicyclic) bond motifs is 1. The van der Waals surface area contributed by atoms with Crippen molar-refractivity contribution in [3.8, 4) is 5.69 Å². The van der Waals surface area contributed by atoms with Crippen molar-refractivity contribution in [3.63, 3.8) is 0 Å². The van der Waals surface area contributed by atoms with Crippen LogP contribution in [0.4, 0.5) is 0 Å². The fourth-order valence-electron chi connectivity index (χ4n) is 4.23. The fourth-order valence-corrected chi connectivity index (χ4v) is 4.45. The van der Waals surface area contributed by atoms with Gasteiger partial charge in [-0.25, -0.2) is 9.67 Å². The van der Waals surface area contributed by atoms with Gasteiger partial charge in [0, 0.05) is 17.4 Å². The highest BCUT2D eigenvalue weighted by Gasteiger charge is 2.28. The Labute approximate surface area is 178 Å². The first-order chi connectivity index (χ1) is 14.6. The van der Waals surface area contributed by atoms with Crippen molar-refractivity contribution in [3.05, 3.63) is 87.7 Å². The average Bonchev–Trinajstić information content (AvgIpc) is 3.42. The number of nitrogens with zero attached hydrogens (tertiary/aromatic N) is 4. The molecule has 2 aromatic heterocycles. The molecule has 2 heterocycles. The number of hydrogen-bond acceptors (Lipinski definition) is 4. The number of halogens is 1. The Morgan fingerprint density at radius 2 is 2.00 bits per heavy atom. The molecule has 30 heavy (non-hydrogen) atoms. The van der Waals surface area contributed by atoms with Crippen molar-refractivity contribution >= 4 is 22.5 Å². The maximum absolute atomic E-state index is 13.1. The summed E-state index contributed by atoms with van der Waals surface area (Å²) < 4.78 is 3.38. The summed E-state index contributed by atoms with van der Waals surface area (Å²) in [5.74, 6) is 0. The van der Waals surface area contributed by atoms with E-state index in [-0.39, 0.29) is 11.6 Å². The molecule has 2 atom stereocenters. The van der Waals surface area contributed by atoms with Crippen LogP contribution in [-0.4, -0.2) is 30.5 Å². The van der Waals surface area contributed by atoms with Crippen molar-refractivity contribution in [1.29, 1.82) is 0 Å². The Bertz CT molecular complexity index is 1250. The first-order valence-electron chi connectivity index (χ1n) is 10.1. The predicted molar refractivity (Wildman–Crippen MR) is 116 cm³/mol. The van der Waals surface area contributed by atoms with Gasteiger partial charge in [0.15, 0.2) is 0 Å². The third kappa shape index (κ3) is 3.42. The summed E-state index contributed by atoms with van der Waals surface area (Å²) in [5.41, 5.74) is 3.39. The highest BCUT2D eigenvalue weighted by atomic mass is 35.5. The fraction of sp³-hybridized carbons (Fsp3) is 0.261. The predicted octanol–water partition coefficient (Wildman–Crippen LogP) is 3.91. The minimum absolute atomic E-state index is 0.127.